The Bertz CT molecular complexity index is 1110. The fourth-order valence-electron chi connectivity index (χ4n) is 3.49. The van der Waals surface area contributed by atoms with Gasteiger partial charge in [-0.05, 0) is 54.4 Å². The lowest BCUT2D eigenvalue weighted by atomic mass is 10.0. The van der Waals surface area contributed by atoms with Gasteiger partial charge in [0, 0.05) is 11.4 Å². The summed E-state index contributed by atoms with van der Waals surface area (Å²) in [5, 5.41) is 2.37. The van der Waals surface area contributed by atoms with Gasteiger partial charge in [0.1, 0.15) is 0 Å². The van der Waals surface area contributed by atoms with Crippen molar-refractivity contribution in [2.75, 3.05) is 6.61 Å². The van der Waals surface area contributed by atoms with E-state index >= 15 is 0 Å². The molecule has 0 aliphatic rings. The van der Waals surface area contributed by atoms with E-state index in [1.807, 2.05) is 62.4 Å². The maximum atomic E-state index is 12.5. The highest BCUT2D eigenvalue weighted by molar-refractivity contribution is 5.94. The summed E-state index contributed by atoms with van der Waals surface area (Å²) in [5.41, 5.74) is 4.55. The molecule has 3 heteroatoms. The van der Waals surface area contributed by atoms with E-state index < -0.39 is 0 Å². The summed E-state index contributed by atoms with van der Waals surface area (Å²) in [6.45, 7) is 4.15. The summed E-state index contributed by atoms with van der Waals surface area (Å²) in [6, 6.07) is 26.7. The molecule has 4 rings (SSSR count). The minimum atomic E-state index is -0.285. The molecule has 0 saturated carbocycles. The Morgan fingerprint density at radius 1 is 0.889 bits per heavy atom. The Labute approximate surface area is 158 Å². The second-order valence-corrected chi connectivity index (χ2v) is 6.48. The van der Waals surface area contributed by atoms with Crippen molar-refractivity contribution in [2.45, 2.75) is 13.8 Å². The second-order valence-electron chi connectivity index (χ2n) is 6.48. The number of nitrogens with zero attached hydrogens (tertiary/aromatic N) is 1. The lowest BCUT2D eigenvalue weighted by Gasteiger charge is -2.13. The molecule has 0 spiro atoms. The molecule has 3 aromatic carbocycles. The van der Waals surface area contributed by atoms with Crippen LogP contribution in [0.4, 0.5) is 0 Å². The Balaban J connectivity index is 1.94. The van der Waals surface area contributed by atoms with Gasteiger partial charge in [-0.1, -0.05) is 54.6 Å². The molecular weight excluding hydrogens is 334 g/mol. The molecule has 0 amide bonds. The maximum Gasteiger partial charge on any atom is 0.339 e. The molecule has 0 unspecified atom stereocenters. The SMILES string of the molecule is CCOC(=O)c1cc(-c2ccc3ccccc3c2)n(-c2ccccc2)c1C. The molecule has 0 aliphatic heterocycles. The molecule has 0 aliphatic carbocycles. The topological polar surface area (TPSA) is 31.2 Å². The average Bonchev–Trinajstić information content (AvgIpc) is 3.06. The van der Waals surface area contributed by atoms with Gasteiger partial charge in [-0.2, -0.15) is 0 Å². The van der Waals surface area contributed by atoms with E-state index in [0.29, 0.717) is 12.2 Å². The fraction of sp³-hybridized carbons (Fsp3) is 0.125. The van der Waals surface area contributed by atoms with Gasteiger partial charge in [-0.25, -0.2) is 4.79 Å². The summed E-state index contributed by atoms with van der Waals surface area (Å²) >= 11 is 0. The van der Waals surface area contributed by atoms with Gasteiger partial charge in [0.25, 0.3) is 0 Å². The van der Waals surface area contributed by atoms with Gasteiger partial charge in [-0.15, -0.1) is 0 Å². The summed E-state index contributed by atoms with van der Waals surface area (Å²) in [4.78, 5) is 12.5. The van der Waals surface area contributed by atoms with Crippen molar-refractivity contribution in [3.63, 3.8) is 0 Å². The molecule has 0 bridgehead atoms. The van der Waals surface area contributed by atoms with Crippen LogP contribution < -0.4 is 0 Å². The highest BCUT2D eigenvalue weighted by atomic mass is 16.5. The van der Waals surface area contributed by atoms with Crippen LogP contribution in [0.1, 0.15) is 23.0 Å². The first kappa shape index (κ1) is 17.1. The quantitative estimate of drug-likeness (QED) is 0.434. The van der Waals surface area contributed by atoms with E-state index in [4.69, 9.17) is 4.74 Å². The number of rotatable bonds is 4. The van der Waals surface area contributed by atoms with Crippen LogP contribution in [0.5, 0.6) is 0 Å². The number of para-hydroxylation sites is 1. The van der Waals surface area contributed by atoms with Crippen molar-refractivity contribution in [2.24, 2.45) is 0 Å². The van der Waals surface area contributed by atoms with Gasteiger partial charge >= 0.3 is 5.97 Å². The number of benzene rings is 3. The minimum Gasteiger partial charge on any atom is -0.462 e. The van der Waals surface area contributed by atoms with E-state index in [2.05, 4.69) is 34.9 Å². The zero-order valence-corrected chi connectivity index (χ0v) is 15.5. The number of carbonyl (C=O) groups is 1. The third kappa shape index (κ3) is 3.13. The first-order chi connectivity index (χ1) is 13.2. The lowest BCUT2D eigenvalue weighted by molar-refractivity contribution is 0.0525. The molecule has 4 aromatic rings. The fourth-order valence-corrected chi connectivity index (χ4v) is 3.49. The standard InChI is InChI=1S/C24H21NO2/c1-3-27-24(26)22-16-23(25(17(22)2)21-11-5-4-6-12-21)20-14-13-18-9-7-8-10-19(18)15-20/h4-16H,3H2,1-2H3. The van der Waals surface area contributed by atoms with Crippen LogP contribution in [0.2, 0.25) is 0 Å². The van der Waals surface area contributed by atoms with Gasteiger partial charge in [-0.3, -0.25) is 0 Å². The number of hydrogen-bond acceptors (Lipinski definition) is 2. The third-order valence-corrected chi connectivity index (χ3v) is 4.80. The van der Waals surface area contributed by atoms with E-state index in [1.54, 1.807) is 0 Å². The smallest absolute Gasteiger partial charge is 0.339 e. The first-order valence-corrected chi connectivity index (χ1v) is 9.13. The highest BCUT2D eigenvalue weighted by Gasteiger charge is 2.20. The van der Waals surface area contributed by atoms with Crippen LogP contribution in [0, 0.1) is 6.92 Å². The Morgan fingerprint density at radius 2 is 1.59 bits per heavy atom. The molecule has 0 fully saturated rings. The largest absolute Gasteiger partial charge is 0.462 e. The number of ether oxygens (including phenoxy) is 1. The van der Waals surface area contributed by atoms with Crippen molar-refractivity contribution in [1.29, 1.82) is 0 Å². The van der Waals surface area contributed by atoms with Crippen molar-refractivity contribution in [3.05, 3.63) is 90.1 Å². The maximum absolute atomic E-state index is 12.5. The highest BCUT2D eigenvalue weighted by Crippen LogP contribution is 2.31. The van der Waals surface area contributed by atoms with E-state index in [9.17, 15) is 4.79 Å². The minimum absolute atomic E-state index is 0.285. The molecule has 0 atom stereocenters. The Kier molecular flexibility index (Phi) is 4.51. The van der Waals surface area contributed by atoms with Crippen LogP contribution in [0.3, 0.4) is 0 Å². The predicted molar refractivity (Wildman–Crippen MR) is 109 cm³/mol. The first-order valence-electron chi connectivity index (χ1n) is 9.13. The van der Waals surface area contributed by atoms with E-state index in [0.717, 1.165) is 22.6 Å². The van der Waals surface area contributed by atoms with Gasteiger partial charge in [0.05, 0.1) is 17.9 Å². The molecule has 1 aromatic heterocycles. The zero-order valence-electron chi connectivity index (χ0n) is 15.5. The van der Waals surface area contributed by atoms with Crippen molar-refractivity contribution in [1.82, 2.24) is 4.57 Å². The van der Waals surface area contributed by atoms with Crippen LogP contribution in [0.15, 0.2) is 78.9 Å². The summed E-state index contributed by atoms with van der Waals surface area (Å²) in [6.07, 6.45) is 0. The molecular formula is C24H21NO2. The molecule has 0 N–H and O–H groups in total. The molecule has 0 saturated heterocycles. The normalized spacial score (nSPS) is 10.9. The summed E-state index contributed by atoms with van der Waals surface area (Å²) < 4.78 is 7.39. The van der Waals surface area contributed by atoms with Crippen LogP contribution in [-0.4, -0.2) is 17.1 Å². The number of esters is 1. The van der Waals surface area contributed by atoms with Crippen molar-refractivity contribution < 1.29 is 9.53 Å². The lowest BCUT2D eigenvalue weighted by Crippen LogP contribution is -2.06. The van der Waals surface area contributed by atoms with Crippen molar-refractivity contribution in [3.8, 4) is 16.9 Å². The Morgan fingerprint density at radius 3 is 2.33 bits per heavy atom. The van der Waals surface area contributed by atoms with Crippen LogP contribution in [-0.2, 0) is 4.74 Å². The summed E-state index contributed by atoms with van der Waals surface area (Å²) in [5.74, 6) is -0.285. The van der Waals surface area contributed by atoms with Gasteiger partial charge in [0.2, 0.25) is 0 Å². The summed E-state index contributed by atoms with van der Waals surface area (Å²) in [7, 11) is 0. The number of aromatic nitrogens is 1. The monoisotopic (exact) mass is 355 g/mol. The van der Waals surface area contributed by atoms with E-state index in [1.165, 1.54) is 10.8 Å². The van der Waals surface area contributed by atoms with Crippen LogP contribution >= 0.6 is 0 Å². The van der Waals surface area contributed by atoms with Crippen molar-refractivity contribution >= 4 is 16.7 Å². The number of hydrogen-bond donors (Lipinski definition) is 0. The molecule has 1 heterocycles. The number of carbonyl (C=O) groups excluding carboxylic acids is 1. The number of fused-ring (bicyclic) bond motifs is 1. The van der Waals surface area contributed by atoms with Gasteiger partial charge in [0.15, 0.2) is 0 Å². The Hall–Kier alpha value is -3.33. The van der Waals surface area contributed by atoms with Crippen LogP contribution in [0.25, 0.3) is 27.7 Å². The molecule has 134 valence electrons. The molecule has 3 nitrogen and oxygen atoms in total. The second kappa shape index (κ2) is 7.12. The van der Waals surface area contributed by atoms with E-state index in [-0.39, 0.29) is 5.97 Å². The zero-order chi connectivity index (χ0) is 18.8. The van der Waals surface area contributed by atoms with Gasteiger partial charge < -0.3 is 9.30 Å². The average molecular weight is 355 g/mol. The third-order valence-electron chi connectivity index (χ3n) is 4.80. The predicted octanol–water partition coefficient (Wildman–Crippen LogP) is 5.78. The molecule has 27 heavy (non-hydrogen) atoms. The molecule has 0 radical (unpaired) electrons.